The van der Waals surface area contributed by atoms with Gasteiger partial charge in [-0.2, -0.15) is 0 Å². The number of allylic oxidation sites excluding steroid dienone is 1. The van der Waals surface area contributed by atoms with E-state index in [1.165, 1.54) is 18.2 Å². The number of hydrogen-bond acceptors (Lipinski definition) is 3. The summed E-state index contributed by atoms with van der Waals surface area (Å²) in [4.78, 5) is 22.3. The third-order valence-electron chi connectivity index (χ3n) is 2.68. The second kappa shape index (κ2) is 6.42. The van der Waals surface area contributed by atoms with Crippen molar-refractivity contribution in [3.8, 4) is 0 Å². The molecule has 0 fully saturated rings. The van der Waals surface area contributed by atoms with E-state index >= 15 is 0 Å². The minimum absolute atomic E-state index is 0.0147. The first-order valence-electron chi connectivity index (χ1n) is 5.79. The number of carbonyl (C=O) groups is 1. The van der Waals surface area contributed by atoms with E-state index in [1.807, 2.05) is 12.1 Å². The van der Waals surface area contributed by atoms with Gasteiger partial charge in [0, 0.05) is 15.2 Å². The van der Waals surface area contributed by atoms with Gasteiger partial charge in [0.25, 0.3) is 5.69 Å². The average molecular weight is 379 g/mol. The Morgan fingerprint density at radius 3 is 2.40 bits per heavy atom. The third kappa shape index (κ3) is 3.51. The fourth-order valence-electron chi connectivity index (χ4n) is 1.67. The third-order valence-corrected chi connectivity index (χ3v) is 3.40. The van der Waals surface area contributed by atoms with Crippen LogP contribution in [0.25, 0.3) is 6.08 Å². The van der Waals surface area contributed by atoms with Gasteiger partial charge in [-0.15, -0.1) is 0 Å². The smallest absolute Gasteiger partial charge is 0.276 e. The first-order chi connectivity index (χ1) is 9.58. The summed E-state index contributed by atoms with van der Waals surface area (Å²) in [5.74, 6) is -0.181. The lowest BCUT2D eigenvalue weighted by molar-refractivity contribution is -0.385. The van der Waals surface area contributed by atoms with Gasteiger partial charge in [0.2, 0.25) is 0 Å². The van der Waals surface area contributed by atoms with Crippen molar-refractivity contribution in [1.82, 2.24) is 0 Å². The van der Waals surface area contributed by atoms with Gasteiger partial charge in [0.15, 0.2) is 5.78 Å². The second-order valence-corrected chi connectivity index (χ2v) is 5.27. The van der Waals surface area contributed by atoms with E-state index < -0.39 is 4.92 Å². The highest BCUT2D eigenvalue weighted by atomic mass is 127. The second-order valence-electron chi connectivity index (χ2n) is 4.02. The van der Waals surface area contributed by atoms with Crippen molar-refractivity contribution < 1.29 is 9.72 Å². The van der Waals surface area contributed by atoms with Crippen LogP contribution in [0, 0.1) is 13.7 Å². The predicted molar refractivity (Wildman–Crippen MR) is 85.6 cm³/mol. The van der Waals surface area contributed by atoms with E-state index in [-0.39, 0.29) is 11.5 Å². The number of nitro benzene ring substituents is 1. The molecule has 0 aliphatic rings. The summed E-state index contributed by atoms with van der Waals surface area (Å²) in [6.07, 6.45) is 2.82. The minimum Gasteiger partial charge on any atom is -0.289 e. The highest BCUT2D eigenvalue weighted by Crippen LogP contribution is 2.19. The molecule has 20 heavy (non-hydrogen) atoms. The summed E-state index contributed by atoms with van der Waals surface area (Å²) in [7, 11) is 0. The highest BCUT2D eigenvalue weighted by molar-refractivity contribution is 14.1. The molecule has 2 aromatic rings. The molecule has 2 rings (SSSR count). The number of rotatable bonds is 4. The molecular weight excluding hydrogens is 369 g/mol. The Balaban J connectivity index is 2.23. The molecule has 0 spiro atoms. The van der Waals surface area contributed by atoms with Gasteiger partial charge in [0.1, 0.15) is 0 Å². The van der Waals surface area contributed by atoms with Crippen LogP contribution in [0.4, 0.5) is 5.69 Å². The summed E-state index contributed by atoms with van der Waals surface area (Å²) in [6.45, 7) is 0. The molecule has 0 N–H and O–H groups in total. The van der Waals surface area contributed by atoms with E-state index in [2.05, 4.69) is 22.6 Å². The van der Waals surface area contributed by atoms with Crippen molar-refractivity contribution in [2.45, 2.75) is 0 Å². The monoisotopic (exact) mass is 379 g/mol. The first-order valence-corrected chi connectivity index (χ1v) is 6.87. The molecule has 0 heterocycles. The van der Waals surface area contributed by atoms with Gasteiger partial charge in [-0.25, -0.2) is 0 Å². The molecule has 0 atom stereocenters. The molecule has 0 aliphatic carbocycles. The Hall–Kier alpha value is -2.02. The minimum atomic E-state index is -0.463. The Kier molecular flexibility index (Phi) is 4.62. The van der Waals surface area contributed by atoms with Crippen LogP contribution in [0.15, 0.2) is 54.6 Å². The number of nitro groups is 1. The van der Waals surface area contributed by atoms with E-state index in [9.17, 15) is 14.9 Å². The molecule has 5 heteroatoms. The van der Waals surface area contributed by atoms with Gasteiger partial charge in [-0.3, -0.25) is 14.9 Å². The predicted octanol–water partition coefficient (Wildman–Crippen LogP) is 4.10. The summed E-state index contributed by atoms with van der Waals surface area (Å²) in [5, 5.41) is 10.9. The zero-order valence-corrected chi connectivity index (χ0v) is 12.5. The van der Waals surface area contributed by atoms with E-state index in [0.717, 1.165) is 3.57 Å². The largest absolute Gasteiger partial charge is 0.289 e. The Bertz CT molecular complexity index is 678. The Labute approximate surface area is 129 Å². The molecule has 2 aromatic carbocycles. The molecule has 0 aliphatic heterocycles. The molecule has 0 amide bonds. The van der Waals surface area contributed by atoms with Crippen molar-refractivity contribution in [2.75, 3.05) is 0 Å². The number of benzene rings is 2. The van der Waals surface area contributed by atoms with E-state index in [0.29, 0.717) is 11.1 Å². The van der Waals surface area contributed by atoms with Crippen LogP contribution in [-0.2, 0) is 0 Å². The SMILES string of the molecule is O=C(/C=C/c1ccccc1[N+](=O)[O-])c1ccc(I)cc1. The van der Waals surface area contributed by atoms with Crippen molar-refractivity contribution >= 4 is 40.1 Å². The molecule has 100 valence electrons. The average Bonchev–Trinajstić information content (AvgIpc) is 2.45. The fourth-order valence-corrected chi connectivity index (χ4v) is 2.03. The standard InChI is InChI=1S/C15H10INO3/c16-13-8-5-12(6-9-13)15(18)10-7-11-3-1-2-4-14(11)17(19)20/h1-10H/b10-7+. The van der Waals surface area contributed by atoms with Gasteiger partial charge in [-0.05, 0) is 52.9 Å². The molecule has 0 radical (unpaired) electrons. The summed E-state index contributed by atoms with van der Waals surface area (Å²) in [5.41, 5.74) is 0.954. The van der Waals surface area contributed by atoms with Gasteiger partial charge in [-0.1, -0.05) is 24.3 Å². The maximum absolute atomic E-state index is 12.0. The van der Waals surface area contributed by atoms with E-state index in [1.54, 1.807) is 30.3 Å². The quantitative estimate of drug-likeness (QED) is 0.264. The van der Waals surface area contributed by atoms with Crippen LogP contribution in [0.2, 0.25) is 0 Å². The Morgan fingerprint density at radius 2 is 1.75 bits per heavy atom. The molecule has 0 unspecified atom stereocenters. The van der Waals surface area contributed by atoms with Crippen LogP contribution in [0.1, 0.15) is 15.9 Å². The highest BCUT2D eigenvalue weighted by Gasteiger charge is 2.10. The van der Waals surface area contributed by atoms with Gasteiger partial charge in [0.05, 0.1) is 10.5 Å². The molecular formula is C15H10INO3. The zero-order chi connectivity index (χ0) is 14.5. The van der Waals surface area contributed by atoms with Gasteiger partial charge < -0.3 is 0 Å². The van der Waals surface area contributed by atoms with Crippen LogP contribution < -0.4 is 0 Å². The number of carbonyl (C=O) groups excluding carboxylic acids is 1. The van der Waals surface area contributed by atoms with Crippen molar-refractivity contribution in [2.24, 2.45) is 0 Å². The number of para-hydroxylation sites is 1. The Morgan fingerprint density at radius 1 is 1.10 bits per heavy atom. The molecule has 0 aromatic heterocycles. The van der Waals surface area contributed by atoms with Crippen LogP contribution >= 0.6 is 22.6 Å². The van der Waals surface area contributed by atoms with Crippen molar-refractivity contribution in [3.05, 3.63) is 79.4 Å². The zero-order valence-electron chi connectivity index (χ0n) is 10.3. The van der Waals surface area contributed by atoms with Crippen LogP contribution in [0.3, 0.4) is 0 Å². The van der Waals surface area contributed by atoms with Crippen molar-refractivity contribution in [3.63, 3.8) is 0 Å². The maximum atomic E-state index is 12.0. The summed E-state index contributed by atoms with van der Waals surface area (Å²) >= 11 is 2.16. The summed E-state index contributed by atoms with van der Waals surface area (Å²) in [6, 6.07) is 13.4. The first kappa shape index (κ1) is 14.4. The lowest BCUT2D eigenvalue weighted by Crippen LogP contribution is -1.95. The molecule has 0 saturated carbocycles. The summed E-state index contributed by atoms with van der Waals surface area (Å²) < 4.78 is 1.04. The number of hydrogen-bond donors (Lipinski definition) is 0. The lowest BCUT2D eigenvalue weighted by Gasteiger charge is -1.98. The number of nitrogens with zero attached hydrogens (tertiary/aromatic N) is 1. The van der Waals surface area contributed by atoms with Crippen molar-refractivity contribution in [1.29, 1.82) is 0 Å². The van der Waals surface area contributed by atoms with E-state index in [4.69, 9.17) is 0 Å². The normalized spacial score (nSPS) is 10.7. The van der Waals surface area contributed by atoms with Crippen LogP contribution in [0.5, 0.6) is 0 Å². The number of halogens is 1. The molecule has 0 bridgehead atoms. The fraction of sp³-hybridized carbons (Fsp3) is 0. The lowest BCUT2D eigenvalue weighted by atomic mass is 10.1. The molecule has 4 nitrogen and oxygen atoms in total. The van der Waals surface area contributed by atoms with Gasteiger partial charge >= 0.3 is 0 Å². The van der Waals surface area contributed by atoms with Crippen LogP contribution in [-0.4, -0.2) is 10.7 Å². The molecule has 0 saturated heterocycles. The number of ketones is 1. The maximum Gasteiger partial charge on any atom is 0.276 e. The topological polar surface area (TPSA) is 60.2 Å².